The van der Waals surface area contributed by atoms with E-state index in [-0.39, 0.29) is 24.1 Å². The summed E-state index contributed by atoms with van der Waals surface area (Å²) in [5.41, 5.74) is 1.73. The number of carbonyl (C=O) groups excluding carboxylic acids is 4. The van der Waals surface area contributed by atoms with Gasteiger partial charge < -0.3 is 20.1 Å². The predicted octanol–water partition coefficient (Wildman–Crippen LogP) is 2.51. The maximum Gasteiger partial charge on any atom is 0.337 e. The van der Waals surface area contributed by atoms with E-state index in [1.807, 2.05) is 13.8 Å². The lowest BCUT2D eigenvalue weighted by Crippen LogP contribution is -2.59. The van der Waals surface area contributed by atoms with Crippen LogP contribution in [0.15, 0.2) is 48.5 Å². The summed E-state index contributed by atoms with van der Waals surface area (Å²) in [6, 6.07) is 12.8. The minimum absolute atomic E-state index is 0.132. The Balaban J connectivity index is 1.53. The molecule has 2 amide bonds. The Morgan fingerprint density at radius 3 is 1.18 bits per heavy atom. The van der Waals surface area contributed by atoms with Crippen LogP contribution in [0.25, 0.3) is 0 Å². The molecule has 0 aliphatic carbocycles. The highest BCUT2D eigenvalue weighted by Crippen LogP contribution is 2.14. The first-order chi connectivity index (χ1) is 18.3. The zero-order valence-electron chi connectivity index (χ0n) is 22.4. The number of amides is 2. The van der Waals surface area contributed by atoms with E-state index in [2.05, 4.69) is 20.4 Å². The number of nitrogens with zero attached hydrogens (tertiary/aromatic N) is 2. The van der Waals surface area contributed by atoms with Crippen LogP contribution in [-0.4, -0.2) is 86.3 Å². The molecule has 10 heteroatoms. The van der Waals surface area contributed by atoms with Crippen molar-refractivity contribution in [1.29, 1.82) is 0 Å². The standard InChI is InChI=1S/C28H36N4O6/c1-5-23(29-25(33)19-7-11-21(12-8-19)27(35)37-3)31-15-17-32(18-16-31)24(6-2)30-26(34)20-9-13-22(14-10-20)28(36)38-4/h7-14,23-24H,5-6,15-18H2,1-4H3,(H,29,33)(H,30,34). The zero-order valence-corrected chi connectivity index (χ0v) is 22.4. The van der Waals surface area contributed by atoms with Gasteiger partial charge in [-0.3, -0.25) is 19.4 Å². The van der Waals surface area contributed by atoms with Gasteiger partial charge in [-0.25, -0.2) is 9.59 Å². The highest BCUT2D eigenvalue weighted by atomic mass is 16.5. The highest BCUT2D eigenvalue weighted by Gasteiger charge is 2.28. The van der Waals surface area contributed by atoms with Crippen LogP contribution in [0.3, 0.4) is 0 Å². The molecule has 2 aromatic rings. The van der Waals surface area contributed by atoms with Gasteiger partial charge in [-0.2, -0.15) is 0 Å². The van der Waals surface area contributed by atoms with Crippen molar-refractivity contribution >= 4 is 23.8 Å². The number of benzene rings is 2. The van der Waals surface area contributed by atoms with Gasteiger partial charge in [0.05, 0.1) is 37.7 Å². The first-order valence-corrected chi connectivity index (χ1v) is 12.8. The SMILES string of the molecule is CCC(NC(=O)c1ccc(C(=O)OC)cc1)N1CCN(C(CC)NC(=O)c2ccc(C(=O)OC)cc2)CC1. The lowest BCUT2D eigenvalue weighted by Gasteiger charge is -2.42. The van der Waals surface area contributed by atoms with Gasteiger partial charge in [-0.05, 0) is 61.4 Å². The summed E-state index contributed by atoms with van der Waals surface area (Å²) in [6.07, 6.45) is 1.21. The van der Waals surface area contributed by atoms with Crippen molar-refractivity contribution in [3.8, 4) is 0 Å². The van der Waals surface area contributed by atoms with Crippen LogP contribution in [0.4, 0.5) is 0 Å². The Morgan fingerprint density at radius 2 is 0.921 bits per heavy atom. The minimum Gasteiger partial charge on any atom is -0.465 e. The monoisotopic (exact) mass is 524 g/mol. The molecule has 1 saturated heterocycles. The molecule has 0 saturated carbocycles. The number of piperazine rings is 1. The fourth-order valence-corrected chi connectivity index (χ4v) is 4.48. The Kier molecular flexibility index (Phi) is 10.4. The fourth-order valence-electron chi connectivity index (χ4n) is 4.48. The van der Waals surface area contributed by atoms with Crippen molar-refractivity contribution in [1.82, 2.24) is 20.4 Å². The van der Waals surface area contributed by atoms with Crippen molar-refractivity contribution < 1.29 is 28.7 Å². The summed E-state index contributed by atoms with van der Waals surface area (Å²) in [5, 5.41) is 6.19. The second-order valence-electron chi connectivity index (χ2n) is 9.00. The van der Waals surface area contributed by atoms with Gasteiger partial charge in [0.25, 0.3) is 11.8 Å². The molecule has 204 valence electrons. The molecule has 1 aliphatic heterocycles. The summed E-state index contributed by atoms with van der Waals surface area (Å²) in [5.74, 6) is -1.29. The van der Waals surface area contributed by atoms with Gasteiger partial charge in [0.1, 0.15) is 0 Å². The Morgan fingerprint density at radius 1 is 0.632 bits per heavy atom. The molecule has 1 fully saturated rings. The zero-order chi connectivity index (χ0) is 27.7. The maximum absolute atomic E-state index is 12.8. The molecule has 0 spiro atoms. The lowest BCUT2D eigenvalue weighted by molar-refractivity contribution is 0.0405. The third-order valence-electron chi connectivity index (χ3n) is 6.74. The fraction of sp³-hybridized carbons (Fsp3) is 0.429. The van der Waals surface area contributed by atoms with Gasteiger partial charge in [0, 0.05) is 37.3 Å². The number of ether oxygens (including phenoxy) is 2. The third-order valence-corrected chi connectivity index (χ3v) is 6.74. The molecule has 2 aromatic carbocycles. The molecule has 0 aromatic heterocycles. The van der Waals surface area contributed by atoms with Crippen molar-refractivity contribution in [2.24, 2.45) is 0 Å². The van der Waals surface area contributed by atoms with E-state index >= 15 is 0 Å². The average Bonchev–Trinajstić information content (AvgIpc) is 2.97. The summed E-state index contributed by atoms with van der Waals surface area (Å²) in [6.45, 7) is 7.00. The van der Waals surface area contributed by atoms with Crippen LogP contribution < -0.4 is 10.6 Å². The quantitative estimate of drug-likeness (QED) is 0.456. The van der Waals surface area contributed by atoms with Crippen LogP contribution in [0.1, 0.15) is 68.1 Å². The van der Waals surface area contributed by atoms with E-state index in [1.54, 1.807) is 48.5 Å². The van der Waals surface area contributed by atoms with E-state index in [0.29, 0.717) is 22.3 Å². The van der Waals surface area contributed by atoms with E-state index in [0.717, 1.165) is 39.0 Å². The molecule has 2 N–H and O–H groups in total. The molecule has 2 unspecified atom stereocenters. The summed E-state index contributed by atoms with van der Waals surface area (Å²) in [7, 11) is 2.63. The largest absolute Gasteiger partial charge is 0.465 e. The molecular weight excluding hydrogens is 488 g/mol. The van der Waals surface area contributed by atoms with Crippen molar-refractivity contribution in [2.45, 2.75) is 39.0 Å². The maximum atomic E-state index is 12.8. The smallest absolute Gasteiger partial charge is 0.337 e. The van der Waals surface area contributed by atoms with Crippen LogP contribution in [0, 0.1) is 0 Å². The van der Waals surface area contributed by atoms with E-state index in [9.17, 15) is 19.2 Å². The number of methoxy groups -OCH3 is 2. The van der Waals surface area contributed by atoms with Crippen molar-refractivity contribution in [2.75, 3.05) is 40.4 Å². The number of carbonyl (C=O) groups is 4. The molecule has 10 nitrogen and oxygen atoms in total. The molecular formula is C28H36N4O6. The van der Waals surface area contributed by atoms with Crippen molar-refractivity contribution in [3.05, 3.63) is 70.8 Å². The molecule has 1 heterocycles. The summed E-state index contributed by atoms with van der Waals surface area (Å²) < 4.78 is 9.40. The van der Waals surface area contributed by atoms with Gasteiger partial charge >= 0.3 is 11.9 Å². The highest BCUT2D eigenvalue weighted by molar-refractivity contribution is 5.97. The second-order valence-corrected chi connectivity index (χ2v) is 9.00. The third kappa shape index (κ3) is 7.17. The minimum atomic E-state index is -0.445. The second kappa shape index (κ2) is 13.7. The van der Waals surface area contributed by atoms with Crippen LogP contribution >= 0.6 is 0 Å². The Bertz CT molecular complexity index is 1020. The van der Waals surface area contributed by atoms with Gasteiger partial charge in [0.15, 0.2) is 0 Å². The van der Waals surface area contributed by atoms with E-state index < -0.39 is 11.9 Å². The Labute approximate surface area is 223 Å². The predicted molar refractivity (Wildman–Crippen MR) is 142 cm³/mol. The molecule has 1 aliphatic rings. The van der Waals surface area contributed by atoms with Crippen LogP contribution in [0.2, 0.25) is 0 Å². The molecule has 38 heavy (non-hydrogen) atoms. The summed E-state index contributed by atoms with van der Waals surface area (Å²) >= 11 is 0. The van der Waals surface area contributed by atoms with E-state index in [4.69, 9.17) is 9.47 Å². The number of rotatable bonds is 10. The van der Waals surface area contributed by atoms with Crippen LogP contribution in [-0.2, 0) is 9.47 Å². The van der Waals surface area contributed by atoms with Gasteiger partial charge in [0.2, 0.25) is 0 Å². The number of hydrogen-bond donors (Lipinski definition) is 2. The number of hydrogen-bond acceptors (Lipinski definition) is 8. The topological polar surface area (TPSA) is 117 Å². The van der Waals surface area contributed by atoms with Crippen LogP contribution in [0.5, 0.6) is 0 Å². The first kappa shape index (κ1) is 28.8. The van der Waals surface area contributed by atoms with E-state index in [1.165, 1.54) is 14.2 Å². The lowest BCUT2D eigenvalue weighted by atomic mass is 10.1. The van der Waals surface area contributed by atoms with Gasteiger partial charge in [-0.1, -0.05) is 13.8 Å². The first-order valence-electron chi connectivity index (χ1n) is 12.8. The Hall–Kier alpha value is -3.76. The van der Waals surface area contributed by atoms with Crippen molar-refractivity contribution in [3.63, 3.8) is 0 Å². The number of nitrogens with one attached hydrogen (secondary N) is 2. The molecule has 2 atom stereocenters. The number of esters is 2. The molecule has 0 bridgehead atoms. The molecule has 0 radical (unpaired) electrons. The average molecular weight is 525 g/mol. The van der Waals surface area contributed by atoms with Gasteiger partial charge in [-0.15, -0.1) is 0 Å². The normalized spacial score (nSPS) is 15.7. The summed E-state index contributed by atoms with van der Waals surface area (Å²) in [4.78, 5) is 53.4. The molecule has 3 rings (SSSR count).